The van der Waals surface area contributed by atoms with Gasteiger partial charge in [0, 0.05) is 19.3 Å². The fourth-order valence-electron chi connectivity index (χ4n) is 1.35. The Hall–Kier alpha value is -2.90. The molecule has 0 aliphatic rings. The second-order valence-corrected chi connectivity index (χ2v) is 3.69. The van der Waals surface area contributed by atoms with Crippen LogP contribution in [0, 0.1) is 0 Å². The molecule has 0 aromatic carbocycles. The number of urea groups is 1. The maximum Gasteiger partial charge on any atom is 0.354 e. The van der Waals surface area contributed by atoms with Crippen LogP contribution in [-0.2, 0) is 7.05 Å². The number of pyridine rings is 1. The van der Waals surface area contributed by atoms with Crippen molar-refractivity contribution in [2.24, 2.45) is 7.05 Å². The number of aromatic nitrogens is 3. The van der Waals surface area contributed by atoms with E-state index in [4.69, 9.17) is 5.11 Å². The predicted octanol–water partition coefficient (Wildman–Crippen LogP) is 1.16. The molecule has 0 aliphatic carbocycles. The van der Waals surface area contributed by atoms with E-state index in [0.717, 1.165) is 0 Å². The summed E-state index contributed by atoms with van der Waals surface area (Å²) >= 11 is 0. The topological polar surface area (TPSA) is 109 Å². The molecule has 0 spiro atoms. The zero-order chi connectivity index (χ0) is 13.8. The van der Waals surface area contributed by atoms with Gasteiger partial charge in [-0.1, -0.05) is 0 Å². The van der Waals surface area contributed by atoms with Crippen molar-refractivity contribution in [3.05, 3.63) is 36.3 Å². The number of rotatable bonds is 3. The van der Waals surface area contributed by atoms with E-state index in [1.165, 1.54) is 18.3 Å². The fourth-order valence-corrected chi connectivity index (χ4v) is 1.35. The molecule has 0 saturated carbocycles. The molecule has 2 aromatic heterocycles. The molecule has 8 nitrogen and oxygen atoms in total. The molecule has 0 fully saturated rings. The van der Waals surface area contributed by atoms with Gasteiger partial charge in [-0.15, -0.1) is 0 Å². The molecule has 19 heavy (non-hydrogen) atoms. The number of carbonyl (C=O) groups is 2. The molecule has 0 atom stereocenters. The van der Waals surface area contributed by atoms with Gasteiger partial charge in [0.25, 0.3) is 0 Å². The minimum atomic E-state index is -1.12. The van der Waals surface area contributed by atoms with Gasteiger partial charge in [-0.3, -0.25) is 10.00 Å². The van der Waals surface area contributed by atoms with E-state index in [-0.39, 0.29) is 5.69 Å². The summed E-state index contributed by atoms with van der Waals surface area (Å²) in [6, 6.07) is 3.92. The van der Waals surface area contributed by atoms with E-state index >= 15 is 0 Å². The maximum absolute atomic E-state index is 11.6. The first-order valence-electron chi connectivity index (χ1n) is 5.31. The quantitative estimate of drug-likeness (QED) is 0.768. The molecule has 0 bridgehead atoms. The summed E-state index contributed by atoms with van der Waals surface area (Å²) < 4.78 is 1.55. The van der Waals surface area contributed by atoms with Gasteiger partial charge in [0.2, 0.25) is 0 Å². The number of carboxylic acid groups (broad SMARTS) is 1. The van der Waals surface area contributed by atoms with Crippen molar-refractivity contribution < 1.29 is 14.7 Å². The Morgan fingerprint density at radius 1 is 1.26 bits per heavy atom. The van der Waals surface area contributed by atoms with Crippen molar-refractivity contribution in [1.29, 1.82) is 0 Å². The summed E-state index contributed by atoms with van der Waals surface area (Å²) in [6.45, 7) is 0. The number of aryl methyl sites for hydroxylation is 1. The van der Waals surface area contributed by atoms with Gasteiger partial charge in [-0.25, -0.2) is 14.6 Å². The predicted molar refractivity (Wildman–Crippen MR) is 67.0 cm³/mol. The smallest absolute Gasteiger partial charge is 0.354 e. The molecule has 0 aliphatic heterocycles. The molecule has 2 heterocycles. The zero-order valence-electron chi connectivity index (χ0n) is 9.99. The number of amides is 2. The number of nitrogens with zero attached hydrogens (tertiary/aromatic N) is 3. The van der Waals surface area contributed by atoms with Crippen molar-refractivity contribution in [3.63, 3.8) is 0 Å². The lowest BCUT2D eigenvalue weighted by Crippen LogP contribution is -2.20. The van der Waals surface area contributed by atoms with Gasteiger partial charge in [-0.2, -0.15) is 5.10 Å². The molecular weight excluding hydrogens is 250 g/mol. The lowest BCUT2D eigenvalue weighted by atomic mass is 10.3. The first kappa shape index (κ1) is 12.6. The minimum absolute atomic E-state index is 0.0873. The number of hydrogen-bond donors (Lipinski definition) is 3. The van der Waals surface area contributed by atoms with Gasteiger partial charge >= 0.3 is 12.0 Å². The Morgan fingerprint density at radius 3 is 2.58 bits per heavy atom. The highest BCUT2D eigenvalue weighted by molar-refractivity contribution is 5.99. The first-order chi connectivity index (χ1) is 9.04. The third-order valence-electron chi connectivity index (χ3n) is 2.20. The van der Waals surface area contributed by atoms with E-state index < -0.39 is 12.0 Å². The lowest BCUT2D eigenvalue weighted by molar-refractivity contribution is 0.0690. The largest absolute Gasteiger partial charge is 0.477 e. The van der Waals surface area contributed by atoms with E-state index in [1.807, 2.05) is 0 Å². The maximum atomic E-state index is 11.6. The van der Waals surface area contributed by atoms with Crippen LogP contribution in [0.1, 0.15) is 10.5 Å². The summed E-state index contributed by atoms with van der Waals surface area (Å²) in [5.41, 5.74) is 0.300. The Kier molecular flexibility index (Phi) is 3.42. The van der Waals surface area contributed by atoms with Crippen molar-refractivity contribution in [2.45, 2.75) is 0 Å². The molecule has 0 radical (unpaired) electrons. The van der Waals surface area contributed by atoms with Crippen LogP contribution in [0.15, 0.2) is 30.6 Å². The molecule has 98 valence electrons. The molecule has 2 aromatic rings. The van der Waals surface area contributed by atoms with Crippen LogP contribution in [0.4, 0.5) is 16.3 Å². The minimum Gasteiger partial charge on any atom is -0.477 e. The summed E-state index contributed by atoms with van der Waals surface area (Å²) in [6.07, 6.45) is 2.96. The third-order valence-corrected chi connectivity index (χ3v) is 2.20. The first-order valence-corrected chi connectivity index (χ1v) is 5.31. The van der Waals surface area contributed by atoms with E-state index in [9.17, 15) is 9.59 Å². The SMILES string of the molecule is Cn1ccc(NC(=O)Nc2ccc(C(=O)O)nc2)n1. The van der Waals surface area contributed by atoms with Crippen LogP contribution in [0.2, 0.25) is 0 Å². The molecule has 2 amide bonds. The monoisotopic (exact) mass is 261 g/mol. The van der Waals surface area contributed by atoms with Crippen molar-refractivity contribution in [2.75, 3.05) is 10.6 Å². The highest BCUT2D eigenvalue weighted by atomic mass is 16.4. The molecule has 8 heteroatoms. The Bertz CT molecular complexity index is 605. The van der Waals surface area contributed by atoms with Gasteiger partial charge in [-0.05, 0) is 12.1 Å². The van der Waals surface area contributed by atoms with Gasteiger partial charge in [0.05, 0.1) is 11.9 Å². The van der Waals surface area contributed by atoms with E-state index in [0.29, 0.717) is 11.5 Å². The van der Waals surface area contributed by atoms with Crippen LogP contribution in [0.5, 0.6) is 0 Å². The number of carboxylic acids is 1. The average molecular weight is 261 g/mol. The van der Waals surface area contributed by atoms with Crippen LogP contribution in [0.25, 0.3) is 0 Å². The van der Waals surface area contributed by atoms with Gasteiger partial charge < -0.3 is 10.4 Å². The van der Waals surface area contributed by atoms with Crippen LogP contribution in [0.3, 0.4) is 0 Å². The standard InChI is InChI=1S/C11H11N5O3/c1-16-5-4-9(15-16)14-11(19)13-7-2-3-8(10(17)18)12-6-7/h2-6H,1H3,(H,17,18)(H2,13,14,15,19). The molecular formula is C11H11N5O3. The second kappa shape index (κ2) is 5.17. The van der Waals surface area contributed by atoms with Crippen LogP contribution in [-0.4, -0.2) is 31.9 Å². The highest BCUT2D eigenvalue weighted by Crippen LogP contribution is 2.07. The number of anilines is 2. The van der Waals surface area contributed by atoms with Crippen molar-refractivity contribution in [1.82, 2.24) is 14.8 Å². The highest BCUT2D eigenvalue weighted by Gasteiger charge is 2.07. The Labute approximate surface area is 108 Å². The summed E-state index contributed by atoms with van der Waals surface area (Å²) in [5, 5.41) is 17.7. The summed E-state index contributed by atoms with van der Waals surface area (Å²) in [7, 11) is 1.73. The van der Waals surface area contributed by atoms with Gasteiger partial charge in [0.1, 0.15) is 5.69 Å². The second-order valence-electron chi connectivity index (χ2n) is 3.69. The van der Waals surface area contributed by atoms with E-state index in [2.05, 4.69) is 20.7 Å². The van der Waals surface area contributed by atoms with Crippen molar-refractivity contribution in [3.8, 4) is 0 Å². The summed E-state index contributed by atoms with van der Waals surface area (Å²) in [5.74, 6) is -0.709. The average Bonchev–Trinajstić information content (AvgIpc) is 2.75. The number of aromatic carboxylic acids is 1. The fraction of sp³-hybridized carbons (Fsp3) is 0.0909. The molecule has 0 saturated heterocycles. The third kappa shape index (κ3) is 3.28. The molecule has 2 rings (SSSR count). The Balaban J connectivity index is 1.97. The molecule has 3 N–H and O–H groups in total. The van der Waals surface area contributed by atoms with Crippen molar-refractivity contribution >= 4 is 23.5 Å². The van der Waals surface area contributed by atoms with Crippen LogP contribution < -0.4 is 10.6 Å². The van der Waals surface area contributed by atoms with Gasteiger partial charge in [0.15, 0.2) is 5.82 Å². The lowest BCUT2D eigenvalue weighted by Gasteiger charge is -2.05. The zero-order valence-corrected chi connectivity index (χ0v) is 9.99. The number of hydrogen-bond acceptors (Lipinski definition) is 4. The molecule has 0 unspecified atom stereocenters. The number of carbonyl (C=O) groups excluding carboxylic acids is 1. The summed E-state index contributed by atoms with van der Waals surface area (Å²) in [4.78, 5) is 25.9. The number of nitrogens with one attached hydrogen (secondary N) is 2. The van der Waals surface area contributed by atoms with E-state index in [1.54, 1.807) is 24.0 Å². The van der Waals surface area contributed by atoms with Crippen LogP contribution >= 0.6 is 0 Å². The Morgan fingerprint density at radius 2 is 2.05 bits per heavy atom. The normalized spacial score (nSPS) is 9.95.